The summed E-state index contributed by atoms with van der Waals surface area (Å²) in [5.41, 5.74) is 3.83. The van der Waals surface area contributed by atoms with Crippen LogP contribution in [0, 0.1) is 19.8 Å². The monoisotopic (exact) mass is 518 g/mol. The van der Waals surface area contributed by atoms with E-state index in [4.69, 9.17) is 0 Å². The first-order chi connectivity index (χ1) is 18.2. The van der Waals surface area contributed by atoms with Gasteiger partial charge < -0.3 is 15.1 Å². The molecule has 3 fully saturated rings. The second kappa shape index (κ2) is 10.1. The Labute approximate surface area is 222 Å². The van der Waals surface area contributed by atoms with Crippen molar-refractivity contribution in [1.29, 1.82) is 0 Å². The van der Waals surface area contributed by atoms with E-state index in [1.165, 1.54) is 16.7 Å². The van der Waals surface area contributed by atoms with Crippen molar-refractivity contribution in [3.05, 3.63) is 52.7 Å². The summed E-state index contributed by atoms with van der Waals surface area (Å²) in [6.07, 6.45) is 1.86. The van der Waals surface area contributed by atoms with Crippen LogP contribution in [-0.2, 0) is 9.59 Å². The number of nitrogens with one attached hydrogen (secondary N) is 1. The second-order valence-corrected chi connectivity index (χ2v) is 10.5. The Morgan fingerprint density at radius 3 is 2.34 bits per heavy atom. The van der Waals surface area contributed by atoms with E-state index in [9.17, 15) is 19.2 Å². The van der Waals surface area contributed by atoms with Gasteiger partial charge in [-0.15, -0.1) is 0 Å². The number of amides is 5. The van der Waals surface area contributed by atoms with Crippen molar-refractivity contribution in [2.75, 3.05) is 55.6 Å². The third-order valence-electron chi connectivity index (χ3n) is 7.79. The molecular weight excluding hydrogens is 484 g/mol. The van der Waals surface area contributed by atoms with E-state index in [0.29, 0.717) is 50.5 Å². The zero-order valence-corrected chi connectivity index (χ0v) is 22.4. The van der Waals surface area contributed by atoms with E-state index in [1.54, 1.807) is 17.0 Å². The Balaban J connectivity index is 1.42. The summed E-state index contributed by atoms with van der Waals surface area (Å²) in [6, 6.07) is 7.00. The lowest BCUT2D eigenvalue weighted by Gasteiger charge is -2.36. The molecule has 0 aliphatic carbocycles. The second-order valence-electron chi connectivity index (χ2n) is 10.5. The summed E-state index contributed by atoms with van der Waals surface area (Å²) in [5, 5.41) is 2.89. The van der Waals surface area contributed by atoms with Gasteiger partial charge in [0.1, 0.15) is 5.82 Å². The highest BCUT2D eigenvalue weighted by Crippen LogP contribution is 2.35. The third-order valence-corrected chi connectivity index (χ3v) is 7.79. The van der Waals surface area contributed by atoms with Crippen molar-refractivity contribution in [1.82, 2.24) is 20.1 Å². The van der Waals surface area contributed by atoms with Gasteiger partial charge in [0, 0.05) is 58.9 Å². The summed E-state index contributed by atoms with van der Waals surface area (Å²) in [6.45, 7) is 10.9. The fourth-order valence-electron chi connectivity index (χ4n) is 5.76. The highest BCUT2D eigenvalue weighted by atomic mass is 16.2. The van der Waals surface area contributed by atoms with Crippen molar-refractivity contribution in [3.63, 3.8) is 0 Å². The van der Waals surface area contributed by atoms with Crippen LogP contribution in [0.5, 0.6) is 0 Å². The third kappa shape index (κ3) is 4.59. The minimum atomic E-state index is -0.446. The molecule has 2 atom stereocenters. The van der Waals surface area contributed by atoms with Gasteiger partial charge in [0.2, 0.25) is 11.8 Å². The maximum atomic E-state index is 13.8. The van der Waals surface area contributed by atoms with Gasteiger partial charge in [0.05, 0.1) is 17.2 Å². The number of nitrogens with zero attached hydrogens (tertiary/aromatic N) is 5. The van der Waals surface area contributed by atoms with Crippen molar-refractivity contribution in [2.24, 2.45) is 5.92 Å². The van der Waals surface area contributed by atoms with E-state index in [-0.39, 0.29) is 36.1 Å². The average molecular weight is 519 g/mol. The molecule has 3 saturated heterocycles. The van der Waals surface area contributed by atoms with Gasteiger partial charge in [-0.2, -0.15) is 0 Å². The van der Waals surface area contributed by atoms with Crippen LogP contribution >= 0.6 is 0 Å². The fourth-order valence-corrected chi connectivity index (χ4v) is 5.76. The van der Waals surface area contributed by atoms with Crippen molar-refractivity contribution >= 4 is 35.3 Å². The largest absolute Gasteiger partial charge is 0.355 e. The molecule has 4 heterocycles. The van der Waals surface area contributed by atoms with Crippen molar-refractivity contribution in [2.45, 2.75) is 33.6 Å². The maximum Gasteiger partial charge on any atom is 0.331 e. The molecule has 2 aromatic rings. The Kier molecular flexibility index (Phi) is 6.81. The van der Waals surface area contributed by atoms with Gasteiger partial charge in [-0.1, -0.05) is 19.1 Å². The topological polar surface area (TPSA) is 106 Å². The first kappa shape index (κ1) is 25.7. The number of benzene rings is 1. The van der Waals surface area contributed by atoms with Gasteiger partial charge >= 0.3 is 6.03 Å². The number of hydrogen-bond donors (Lipinski definition) is 1. The number of piperazine rings is 1. The van der Waals surface area contributed by atoms with E-state index < -0.39 is 6.03 Å². The van der Waals surface area contributed by atoms with Crippen LogP contribution in [0.3, 0.4) is 0 Å². The van der Waals surface area contributed by atoms with E-state index in [1.807, 2.05) is 33.0 Å². The molecule has 0 spiro atoms. The van der Waals surface area contributed by atoms with Crippen LogP contribution in [0.1, 0.15) is 46.8 Å². The van der Waals surface area contributed by atoms with Gasteiger partial charge in [-0.05, 0) is 48.6 Å². The highest BCUT2D eigenvalue weighted by Gasteiger charge is 2.38. The molecule has 1 N–H and O–H groups in total. The highest BCUT2D eigenvalue weighted by molar-refractivity contribution is 6.09. The summed E-state index contributed by atoms with van der Waals surface area (Å²) in [7, 11) is 0. The number of anilines is 2. The first-order valence-electron chi connectivity index (χ1n) is 13.1. The van der Waals surface area contributed by atoms with Crippen molar-refractivity contribution < 1.29 is 19.2 Å². The number of aromatic nitrogens is 1. The summed E-state index contributed by atoms with van der Waals surface area (Å²) < 4.78 is 0. The Morgan fingerprint density at radius 1 is 1.00 bits per heavy atom. The number of imide groups is 1. The minimum Gasteiger partial charge on any atom is -0.355 e. The Bertz CT molecular complexity index is 1300. The predicted molar refractivity (Wildman–Crippen MR) is 143 cm³/mol. The number of hydrogen-bond acceptors (Lipinski definition) is 6. The molecule has 3 aliphatic heterocycles. The molecule has 1 aromatic heterocycles. The standard InChI is InChI=1S/C28H34N6O4/c1-17-13-18(2)25(29-15-17)31-7-9-32(10-8-31)27(37)22-6-5-21(24-19(3)16-30-26(24)36)14-23(22)34-12-11-33(20(4)35)28(34)38/h5-6,13-15,19,24H,7-12,16H2,1-4H3,(H,30,36)/t19?,24-/m1/s1. The lowest BCUT2D eigenvalue weighted by atomic mass is 9.88. The normalized spacial score (nSPS) is 21.8. The molecule has 0 saturated carbocycles. The molecule has 38 heavy (non-hydrogen) atoms. The van der Waals surface area contributed by atoms with Crippen LogP contribution < -0.4 is 15.1 Å². The zero-order valence-electron chi connectivity index (χ0n) is 22.4. The van der Waals surface area contributed by atoms with Gasteiger partial charge in [-0.3, -0.25) is 24.2 Å². The minimum absolute atomic E-state index is 0.0585. The quantitative estimate of drug-likeness (QED) is 0.666. The van der Waals surface area contributed by atoms with Crippen LogP contribution in [0.15, 0.2) is 30.5 Å². The molecule has 3 aliphatic rings. The molecule has 0 radical (unpaired) electrons. The number of pyridine rings is 1. The van der Waals surface area contributed by atoms with E-state index >= 15 is 0 Å². The Hall–Kier alpha value is -3.95. The molecular formula is C28H34N6O4. The number of urea groups is 1. The van der Waals surface area contributed by atoms with Gasteiger partial charge in [0.15, 0.2) is 0 Å². The van der Waals surface area contributed by atoms with Crippen LogP contribution in [0.25, 0.3) is 0 Å². The smallest absolute Gasteiger partial charge is 0.331 e. The van der Waals surface area contributed by atoms with Gasteiger partial charge in [-0.25, -0.2) is 9.78 Å². The number of carbonyl (C=O) groups is 4. The summed E-state index contributed by atoms with van der Waals surface area (Å²) in [5.74, 6) is 0.111. The molecule has 200 valence electrons. The van der Waals surface area contributed by atoms with E-state index in [2.05, 4.69) is 21.3 Å². The maximum absolute atomic E-state index is 13.8. The molecule has 5 amide bonds. The lowest BCUT2D eigenvalue weighted by molar-refractivity contribution is -0.125. The molecule has 10 heteroatoms. The molecule has 10 nitrogen and oxygen atoms in total. The summed E-state index contributed by atoms with van der Waals surface area (Å²) in [4.78, 5) is 62.7. The van der Waals surface area contributed by atoms with Crippen molar-refractivity contribution in [3.8, 4) is 0 Å². The number of rotatable bonds is 4. The fraction of sp³-hybridized carbons (Fsp3) is 0.464. The van der Waals surface area contributed by atoms with Crippen LogP contribution in [0.2, 0.25) is 0 Å². The number of aryl methyl sites for hydroxylation is 2. The summed E-state index contributed by atoms with van der Waals surface area (Å²) >= 11 is 0. The van der Waals surface area contributed by atoms with Crippen LogP contribution in [-0.4, -0.2) is 84.3 Å². The molecule has 5 rings (SSSR count). The number of carbonyl (C=O) groups excluding carboxylic acids is 4. The Morgan fingerprint density at radius 2 is 1.74 bits per heavy atom. The van der Waals surface area contributed by atoms with E-state index in [0.717, 1.165) is 22.5 Å². The molecule has 0 bridgehead atoms. The SMILES string of the molecule is CC(=O)N1CCN(c2cc([C@@H]3C(=O)NCC3C)ccc2C(=O)N2CCN(c3ncc(C)cc3C)CC2)C1=O. The average Bonchev–Trinajstić information content (AvgIpc) is 3.44. The lowest BCUT2D eigenvalue weighted by Crippen LogP contribution is -2.49. The molecule has 1 unspecified atom stereocenters. The first-order valence-corrected chi connectivity index (χ1v) is 13.1. The van der Waals surface area contributed by atoms with Crippen LogP contribution in [0.4, 0.5) is 16.3 Å². The van der Waals surface area contributed by atoms with Gasteiger partial charge in [0.25, 0.3) is 5.91 Å². The zero-order chi connectivity index (χ0) is 27.1. The predicted octanol–water partition coefficient (Wildman–Crippen LogP) is 2.30. The molecule has 1 aromatic carbocycles.